The van der Waals surface area contributed by atoms with Gasteiger partial charge in [0, 0.05) is 24.7 Å². The predicted molar refractivity (Wildman–Crippen MR) is 82.5 cm³/mol. The molecule has 0 atom stereocenters. The number of hydrogen-bond donors (Lipinski definition) is 1. The van der Waals surface area contributed by atoms with E-state index in [-0.39, 0.29) is 5.56 Å². The van der Waals surface area contributed by atoms with Crippen molar-refractivity contribution in [2.45, 2.75) is 19.9 Å². The van der Waals surface area contributed by atoms with Crippen molar-refractivity contribution in [1.29, 1.82) is 0 Å². The van der Waals surface area contributed by atoms with Crippen molar-refractivity contribution in [3.05, 3.63) is 34.3 Å². The van der Waals surface area contributed by atoms with E-state index < -0.39 is 5.97 Å². The van der Waals surface area contributed by atoms with Gasteiger partial charge in [-0.3, -0.25) is 4.90 Å². The van der Waals surface area contributed by atoms with Gasteiger partial charge in [-0.15, -0.1) is 0 Å². The normalized spacial score (nSPS) is 11.3. The molecule has 4 nitrogen and oxygen atoms in total. The zero-order chi connectivity index (χ0) is 15.1. The number of likely N-dealkylation sites (N-methyl/N-ethyl adjacent to an activating group) is 1. The minimum atomic E-state index is -0.948. The van der Waals surface area contributed by atoms with Gasteiger partial charge in [0.1, 0.15) is 0 Å². The number of rotatable bonds is 8. The number of carbonyl (C=O) groups is 1. The second-order valence-corrected chi connectivity index (χ2v) is 5.60. The fraction of sp³-hybridized carbons (Fsp3) is 0.533. The quantitative estimate of drug-likeness (QED) is 0.801. The third-order valence-corrected chi connectivity index (χ3v) is 3.45. The van der Waals surface area contributed by atoms with Gasteiger partial charge in [0.05, 0.1) is 5.56 Å². The van der Waals surface area contributed by atoms with E-state index >= 15 is 0 Å². The lowest BCUT2D eigenvalue weighted by molar-refractivity contribution is 0.0697. The number of benzene rings is 1. The summed E-state index contributed by atoms with van der Waals surface area (Å²) in [7, 11) is 4.11. The van der Waals surface area contributed by atoms with E-state index in [9.17, 15) is 4.79 Å². The van der Waals surface area contributed by atoms with Crippen molar-refractivity contribution in [1.82, 2.24) is 9.80 Å². The molecule has 0 fully saturated rings. The maximum absolute atomic E-state index is 10.9. The largest absolute Gasteiger partial charge is 0.478 e. The summed E-state index contributed by atoms with van der Waals surface area (Å²) in [6.07, 6.45) is 1.08. The molecule has 1 N–H and O–H groups in total. The molecule has 0 heterocycles. The van der Waals surface area contributed by atoms with E-state index in [2.05, 4.69) is 30.8 Å². The topological polar surface area (TPSA) is 43.8 Å². The Balaban J connectivity index is 2.74. The molecule has 5 heteroatoms. The van der Waals surface area contributed by atoms with E-state index in [1.807, 2.05) is 6.07 Å². The average molecular weight is 299 g/mol. The van der Waals surface area contributed by atoms with Crippen molar-refractivity contribution in [2.24, 2.45) is 0 Å². The van der Waals surface area contributed by atoms with Crippen molar-refractivity contribution in [2.75, 3.05) is 33.7 Å². The number of carboxylic acids is 1. The van der Waals surface area contributed by atoms with Gasteiger partial charge in [0.25, 0.3) is 0 Å². The first-order chi connectivity index (χ1) is 9.43. The fourth-order valence-corrected chi connectivity index (χ4v) is 2.22. The first kappa shape index (κ1) is 17.0. The molecule has 1 rings (SSSR count). The number of hydrogen-bond acceptors (Lipinski definition) is 3. The SMILES string of the molecule is CCCN(CCN(C)C)Cc1ccc(C(=O)O)cc1Cl. The molecule has 0 spiro atoms. The molecular weight excluding hydrogens is 276 g/mol. The molecule has 0 unspecified atom stereocenters. The lowest BCUT2D eigenvalue weighted by Crippen LogP contribution is -2.32. The van der Waals surface area contributed by atoms with Gasteiger partial charge in [0.2, 0.25) is 0 Å². The van der Waals surface area contributed by atoms with Crippen LogP contribution in [0.15, 0.2) is 18.2 Å². The van der Waals surface area contributed by atoms with Crippen LogP contribution in [-0.2, 0) is 6.54 Å². The smallest absolute Gasteiger partial charge is 0.335 e. The summed E-state index contributed by atoms with van der Waals surface area (Å²) < 4.78 is 0. The number of nitrogens with zero attached hydrogens (tertiary/aromatic N) is 2. The van der Waals surface area contributed by atoms with Gasteiger partial charge < -0.3 is 10.0 Å². The predicted octanol–water partition coefficient (Wildman–Crippen LogP) is 2.81. The Morgan fingerprint density at radius 2 is 1.95 bits per heavy atom. The Bertz CT molecular complexity index is 449. The first-order valence-electron chi connectivity index (χ1n) is 6.82. The zero-order valence-electron chi connectivity index (χ0n) is 12.4. The lowest BCUT2D eigenvalue weighted by atomic mass is 10.1. The second-order valence-electron chi connectivity index (χ2n) is 5.19. The van der Waals surface area contributed by atoms with Gasteiger partial charge in [-0.05, 0) is 44.8 Å². The summed E-state index contributed by atoms with van der Waals surface area (Å²) >= 11 is 6.18. The standard InChI is InChI=1S/C15H23ClN2O2/c1-4-7-18(9-8-17(2)3)11-13-6-5-12(15(19)20)10-14(13)16/h5-6,10H,4,7-9,11H2,1-3H3,(H,19,20). The Hall–Kier alpha value is -1.10. The van der Waals surface area contributed by atoms with Crippen LogP contribution in [0, 0.1) is 0 Å². The molecule has 1 aromatic carbocycles. The van der Waals surface area contributed by atoms with Gasteiger partial charge in [-0.25, -0.2) is 4.79 Å². The average Bonchev–Trinajstić information content (AvgIpc) is 2.38. The zero-order valence-corrected chi connectivity index (χ0v) is 13.2. The van der Waals surface area contributed by atoms with E-state index in [4.69, 9.17) is 16.7 Å². The summed E-state index contributed by atoms with van der Waals surface area (Å²) in [5, 5.41) is 9.46. The molecule has 0 saturated heterocycles. The minimum Gasteiger partial charge on any atom is -0.478 e. The van der Waals surface area contributed by atoms with E-state index in [1.54, 1.807) is 6.07 Å². The lowest BCUT2D eigenvalue weighted by Gasteiger charge is -2.24. The van der Waals surface area contributed by atoms with E-state index in [1.165, 1.54) is 6.07 Å². The van der Waals surface area contributed by atoms with Crippen LogP contribution in [0.3, 0.4) is 0 Å². The van der Waals surface area contributed by atoms with Crippen LogP contribution in [0.2, 0.25) is 5.02 Å². The number of aromatic carboxylic acids is 1. The van der Waals surface area contributed by atoms with E-state index in [0.717, 1.165) is 38.2 Å². The van der Waals surface area contributed by atoms with Crippen molar-refractivity contribution in [3.63, 3.8) is 0 Å². The summed E-state index contributed by atoms with van der Waals surface area (Å²) in [5.74, 6) is -0.948. The molecule has 0 aliphatic rings. The molecule has 0 aliphatic heterocycles. The fourth-order valence-electron chi connectivity index (χ4n) is 1.98. The molecule has 0 amide bonds. The Labute approximate surface area is 125 Å². The Morgan fingerprint density at radius 3 is 2.45 bits per heavy atom. The highest BCUT2D eigenvalue weighted by Gasteiger charge is 2.11. The maximum atomic E-state index is 10.9. The third kappa shape index (κ3) is 5.49. The van der Waals surface area contributed by atoms with Gasteiger partial charge >= 0.3 is 5.97 Å². The van der Waals surface area contributed by atoms with Gasteiger partial charge in [-0.1, -0.05) is 24.6 Å². The molecule has 0 aromatic heterocycles. The molecular formula is C15H23ClN2O2. The summed E-state index contributed by atoms with van der Waals surface area (Å²) in [5.41, 5.74) is 1.21. The van der Waals surface area contributed by atoms with Crippen molar-refractivity contribution in [3.8, 4) is 0 Å². The molecule has 0 bridgehead atoms. The Kier molecular flexibility index (Phi) is 6.99. The molecule has 0 saturated carbocycles. The third-order valence-electron chi connectivity index (χ3n) is 3.10. The van der Waals surface area contributed by atoms with Crippen LogP contribution >= 0.6 is 11.6 Å². The molecule has 20 heavy (non-hydrogen) atoms. The maximum Gasteiger partial charge on any atom is 0.335 e. The summed E-state index contributed by atoms with van der Waals surface area (Å²) in [6.45, 7) is 5.87. The number of carboxylic acid groups (broad SMARTS) is 1. The Morgan fingerprint density at radius 1 is 1.25 bits per heavy atom. The van der Waals surface area contributed by atoms with Crippen LogP contribution in [0.4, 0.5) is 0 Å². The molecule has 112 valence electrons. The van der Waals surface area contributed by atoms with Crippen LogP contribution in [0.5, 0.6) is 0 Å². The highest BCUT2D eigenvalue weighted by molar-refractivity contribution is 6.31. The molecule has 1 aromatic rings. The highest BCUT2D eigenvalue weighted by Crippen LogP contribution is 2.20. The van der Waals surface area contributed by atoms with Crippen molar-refractivity contribution < 1.29 is 9.90 Å². The van der Waals surface area contributed by atoms with E-state index in [0.29, 0.717) is 5.02 Å². The van der Waals surface area contributed by atoms with Crippen LogP contribution in [0.25, 0.3) is 0 Å². The van der Waals surface area contributed by atoms with Gasteiger partial charge in [0.15, 0.2) is 0 Å². The monoisotopic (exact) mass is 298 g/mol. The van der Waals surface area contributed by atoms with Crippen LogP contribution < -0.4 is 0 Å². The molecule has 0 aliphatic carbocycles. The summed E-state index contributed by atoms with van der Waals surface area (Å²) in [4.78, 5) is 15.4. The first-order valence-corrected chi connectivity index (χ1v) is 7.20. The second kappa shape index (κ2) is 8.25. The van der Waals surface area contributed by atoms with Crippen molar-refractivity contribution >= 4 is 17.6 Å². The summed E-state index contributed by atoms with van der Waals surface area (Å²) in [6, 6.07) is 4.94. The molecule has 0 radical (unpaired) electrons. The minimum absolute atomic E-state index is 0.231. The van der Waals surface area contributed by atoms with Gasteiger partial charge in [-0.2, -0.15) is 0 Å². The number of halogens is 1. The van der Waals surface area contributed by atoms with Crippen LogP contribution in [-0.4, -0.2) is 54.6 Å². The highest BCUT2D eigenvalue weighted by atomic mass is 35.5. The van der Waals surface area contributed by atoms with Crippen LogP contribution in [0.1, 0.15) is 29.3 Å².